The molecule has 0 spiro atoms. The summed E-state index contributed by atoms with van der Waals surface area (Å²) in [6, 6.07) is 0.648. The lowest BCUT2D eigenvalue weighted by molar-refractivity contribution is 0.0949. The molecule has 0 saturated heterocycles. The normalized spacial score (nSPS) is 27.1. The smallest absolute Gasteiger partial charge is 0.409 e. The number of hydrogen-bond donors (Lipinski definition) is 1. The molecule has 0 atom stereocenters. The molecule has 0 bridgehead atoms. The maximum atomic E-state index is 11.4. The molecule has 82 valence electrons. The zero-order valence-electron chi connectivity index (χ0n) is 9.03. The second-order valence-corrected chi connectivity index (χ2v) is 3.82. The fourth-order valence-corrected chi connectivity index (χ4v) is 2.07. The molecule has 0 unspecified atom stereocenters. The summed E-state index contributed by atoms with van der Waals surface area (Å²) in [5.41, 5.74) is 5.81. The van der Waals surface area contributed by atoms with Gasteiger partial charge in [-0.25, -0.2) is 4.79 Å². The van der Waals surface area contributed by atoms with E-state index in [2.05, 4.69) is 0 Å². The highest BCUT2D eigenvalue weighted by Gasteiger charge is 2.26. The first-order valence-corrected chi connectivity index (χ1v) is 5.29. The van der Waals surface area contributed by atoms with Gasteiger partial charge in [0.25, 0.3) is 0 Å². The molecule has 4 heteroatoms. The van der Waals surface area contributed by atoms with E-state index in [4.69, 9.17) is 10.5 Å². The van der Waals surface area contributed by atoms with Crippen LogP contribution >= 0.6 is 0 Å². The minimum atomic E-state index is -0.215. The fraction of sp³-hybridized carbons (Fsp3) is 0.900. The Kier molecular flexibility index (Phi) is 4.20. The Labute approximate surface area is 85.4 Å². The van der Waals surface area contributed by atoms with E-state index in [1.54, 1.807) is 4.90 Å². The minimum absolute atomic E-state index is 0.215. The van der Waals surface area contributed by atoms with Crippen LogP contribution in [-0.2, 0) is 4.74 Å². The lowest BCUT2D eigenvalue weighted by Gasteiger charge is -2.34. The van der Waals surface area contributed by atoms with Gasteiger partial charge in [0, 0.05) is 18.6 Å². The maximum absolute atomic E-state index is 11.4. The van der Waals surface area contributed by atoms with Crippen LogP contribution in [0.2, 0.25) is 0 Å². The molecule has 0 aromatic rings. The number of methoxy groups -OCH3 is 1. The summed E-state index contributed by atoms with van der Waals surface area (Å²) >= 11 is 0. The van der Waals surface area contributed by atoms with E-state index in [1.807, 2.05) is 6.92 Å². The van der Waals surface area contributed by atoms with Crippen LogP contribution in [0.1, 0.15) is 32.6 Å². The highest BCUT2D eigenvalue weighted by molar-refractivity contribution is 5.67. The summed E-state index contributed by atoms with van der Waals surface area (Å²) in [5, 5.41) is 0. The monoisotopic (exact) mass is 200 g/mol. The second kappa shape index (κ2) is 5.20. The molecular weight excluding hydrogens is 180 g/mol. The molecule has 1 aliphatic rings. The van der Waals surface area contributed by atoms with Crippen LogP contribution in [0.4, 0.5) is 4.79 Å². The Morgan fingerprint density at radius 1 is 1.43 bits per heavy atom. The Bertz CT molecular complexity index is 189. The summed E-state index contributed by atoms with van der Waals surface area (Å²) in [7, 11) is 1.43. The molecule has 1 rings (SSSR count). The number of carbonyl (C=O) groups is 1. The highest BCUT2D eigenvalue weighted by atomic mass is 16.5. The van der Waals surface area contributed by atoms with Crippen LogP contribution in [0.25, 0.3) is 0 Å². The fourth-order valence-electron chi connectivity index (χ4n) is 2.07. The second-order valence-electron chi connectivity index (χ2n) is 3.82. The third-order valence-electron chi connectivity index (χ3n) is 2.93. The number of amides is 1. The molecule has 0 heterocycles. The summed E-state index contributed by atoms with van der Waals surface area (Å²) < 4.78 is 4.74. The lowest BCUT2D eigenvalue weighted by Crippen LogP contribution is -2.44. The van der Waals surface area contributed by atoms with Gasteiger partial charge >= 0.3 is 6.09 Å². The molecule has 2 N–H and O–H groups in total. The highest BCUT2D eigenvalue weighted by Crippen LogP contribution is 2.22. The number of carbonyl (C=O) groups excluding carboxylic acids is 1. The van der Waals surface area contributed by atoms with Gasteiger partial charge in [0.2, 0.25) is 0 Å². The van der Waals surface area contributed by atoms with Crippen molar-refractivity contribution in [2.45, 2.75) is 44.7 Å². The van der Waals surface area contributed by atoms with Crippen LogP contribution in [0, 0.1) is 0 Å². The molecule has 4 nitrogen and oxygen atoms in total. The van der Waals surface area contributed by atoms with Gasteiger partial charge in [-0.15, -0.1) is 0 Å². The molecule has 1 aliphatic carbocycles. The molecule has 14 heavy (non-hydrogen) atoms. The van der Waals surface area contributed by atoms with Gasteiger partial charge in [-0.2, -0.15) is 0 Å². The predicted octanol–water partition coefficient (Wildman–Crippen LogP) is 1.34. The van der Waals surface area contributed by atoms with Crippen molar-refractivity contribution in [2.75, 3.05) is 13.7 Å². The van der Waals surface area contributed by atoms with Gasteiger partial charge in [0.05, 0.1) is 7.11 Å². The van der Waals surface area contributed by atoms with E-state index in [-0.39, 0.29) is 6.09 Å². The van der Waals surface area contributed by atoms with Gasteiger partial charge < -0.3 is 15.4 Å². The third kappa shape index (κ3) is 2.61. The van der Waals surface area contributed by atoms with E-state index < -0.39 is 0 Å². The molecule has 0 radical (unpaired) electrons. The molecule has 0 aromatic heterocycles. The van der Waals surface area contributed by atoms with Gasteiger partial charge in [-0.3, -0.25) is 0 Å². The number of hydrogen-bond acceptors (Lipinski definition) is 3. The van der Waals surface area contributed by atoms with Crippen molar-refractivity contribution in [1.82, 2.24) is 4.90 Å². The average molecular weight is 200 g/mol. The van der Waals surface area contributed by atoms with Crippen molar-refractivity contribution in [1.29, 1.82) is 0 Å². The van der Waals surface area contributed by atoms with E-state index in [1.165, 1.54) is 7.11 Å². The van der Waals surface area contributed by atoms with Crippen LogP contribution in [0.15, 0.2) is 0 Å². The Morgan fingerprint density at radius 3 is 2.43 bits per heavy atom. The topological polar surface area (TPSA) is 55.6 Å². The van der Waals surface area contributed by atoms with Crippen molar-refractivity contribution >= 4 is 6.09 Å². The number of ether oxygens (including phenoxy) is 1. The van der Waals surface area contributed by atoms with Gasteiger partial charge in [-0.05, 0) is 32.6 Å². The first-order chi connectivity index (χ1) is 6.69. The van der Waals surface area contributed by atoms with Gasteiger partial charge in [0.15, 0.2) is 0 Å². The lowest BCUT2D eigenvalue weighted by atomic mass is 9.91. The van der Waals surface area contributed by atoms with Crippen LogP contribution in [-0.4, -0.2) is 36.7 Å². The molecular formula is C10H20N2O2. The van der Waals surface area contributed by atoms with Gasteiger partial charge in [0.1, 0.15) is 0 Å². The zero-order valence-corrected chi connectivity index (χ0v) is 9.03. The summed E-state index contributed by atoms with van der Waals surface area (Å²) in [6.45, 7) is 2.69. The number of nitrogens with zero attached hydrogens (tertiary/aromatic N) is 1. The average Bonchev–Trinajstić information content (AvgIpc) is 2.21. The van der Waals surface area contributed by atoms with E-state index in [9.17, 15) is 4.79 Å². The quantitative estimate of drug-likeness (QED) is 0.732. The Hall–Kier alpha value is -0.770. The SMILES string of the molecule is CCN(C(=O)OC)C1CCC(N)CC1. The number of rotatable bonds is 2. The van der Waals surface area contributed by atoms with Crippen molar-refractivity contribution in [3.05, 3.63) is 0 Å². The van der Waals surface area contributed by atoms with Crippen LogP contribution < -0.4 is 5.73 Å². The van der Waals surface area contributed by atoms with E-state index in [0.29, 0.717) is 18.6 Å². The summed E-state index contributed by atoms with van der Waals surface area (Å²) in [4.78, 5) is 13.2. The molecule has 1 saturated carbocycles. The Morgan fingerprint density at radius 2 is 2.00 bits per heavy atom. The molecule has 1 fully saturated rings. The maximum Gasteiger partial charge on any atom is 0.409 e. The van der Waals surface area contributed by atoms with Crippen molar-refractivity contribution in [3.8, 4) is 0 Å². The molecule has 1 amide bonds. The summed E-state index contributed by atoms with van der Waals surface area (Å²) in [5.74, 6) is 0. The summed E-state index contributed by atoms with van der Waals surface area (Å²) in [6.07, 6.45) is 3.82. The van der Waals surface area contributed by atoms with Crippen molar-refractivity contribution in [3.63, 3.8) is 0 Å². The molecule has 0 aliphatic heterocycles. The standard InChI is InChI=1S/C10H20N2O2/c1-3-12(10(13)14-2)9-6-4-8(11)5-7-9/h8-9H,3-7,11H2,1-2H3. The van der Waals surface area contributed by atoms with Gasteiger partial charge in [-0.1, -0.05) is 0 Å². The van der Waals surface area contributed by atoms with Crippen molar-refractivity contribution < 1.29 is 9.53 Å². The minimum Gasteiger partial charge on any atom is -0.453 e. The first kappa shape index (κ1) is 11.3. The predicted molar refractivity (Wildman–Crippen MR) is 55.0 cm³/mol. The third-order valence-corrected chi connectivity index (χ3v) is 2.93. The molecule has 0 aromatic carbocycles. The van der Waals surface area contributed by atoms with E-state index in [0.717, 1.165) is 25.7 Å². The first-order valence-electron chi connectivity index (χ1n) is 5.29. The van der Waals surface area contributed by atoms with Crippen LogP contribution in [0.5, 0.6) is 0 Å². The Balaban J connectivity index is 2.48. The number of nitrogens with two attached hydrogens (primary N) is 1. The largest absolute Gasteiger partial charge is 0.453 e. The van der Waals surface area contributed by atoms with E-state index >= 15 is 0 Å². The van der Waals surface area contributed by atoms with Crippen molar-refractivity contribution in [2.24, 2.45) is 5.73 Å². The van der Waals surface area contributed by atoms with Crippen LogP contribution in [0.3, 0.4) is 0 Å². The zero-order chi connectivity index (χ0) is 10.6.